The lowest BCUT2D eigenvalue weighted by atomic mass is 9.88. The van der Waals surface area contributed by atoms with Crippen LogP contribution in [0.15, 0.2) is 22.9 Å². The summed E-state index contributed by atoms with van der Waals surface area (Å²) in [4.78, 5) is 16.3. The first-order chi connectivity index (χ1) is 9.31. The van der Waals surface area contributed by atoms with Gasteiger partial charge in [0.25, 0.3) is 0 Å². The first kappa shape index (κ1) is 15.3. The molecule has 1 aliphatic heterocycles. The quantitative estimate of drug-likeness (QED) is 0.850. The average Bonchev–Trinajstić information content (AvgIpc) is 2.25. The van der Waals surface area contributed by atoms with E-state index in [2.05, 4.69) is 26.2 Å². The van der Waals surface area contributed by atoms with Crippen LogP contribution in [0.25, 0.3) is 0 Å². The van der Waals surface area contributed by atoms with Crippen LogP contribution in [0.5, 0.6) is 5.75 Å². The normalized spacial score (nSPS) is 22.0. The van der Waals surface area contributed by atoms with Gasteiger partial charge in [-0.15, -0.1) is 0 Å². The van der Waals surface area contributed by atoms with E-state index in [1.807, 2.05) is 26.8 Å². The molecule has 6 heteroatoms. The number of nitrogens with zero attached hydrogens (tertiary/aromatic N) is 1. The van der Waals surface area contributed by atoms with E-state index in [1.54, 1.807) is 12.4 Å². The Bertz CT molecular complexity index is 495. The van der Waals surface area contributed by atoms with Crippen LogP contribution in [0.2, 0.25) is 0 Å². The van der Waals surface area contributed by atoms with Crippen molar-refractivity contribution in [1.82, 2.24) is 10.3 Å². The summed E-state index contributed by atoms with van der Waals surface area (Å²) in [5, 5.41) is 3.13. The number of rotatable bonds is 4. The molecule has 0 unspecified atom stereocenters. The van der Waals surface area contributed by atoms with Crippen molar-refractivity contribution >= 4 is 21.9 Å². The number of ether oxygens (including phenoxy) is 2. The lowest BCUT2D eigenvalue weighted by Gasteiger charge is -2.41. The fourth-order valence-corrected chi connectivity index (χ4v) is 2.18. The zero-order valence-corrected chi connectivity index (χ0v) is 13.5. The molecule has 0 saturated carbocycles. The molecule has 0 amide bonds. The van der Waals surface area contributed by atoms with Gasteiger partial charge in [0, 0.05) is 10.7 Å². The standard InChI is InChI=1S/C14H19BrN2O3/c1-13(2,3)20-12(18)14(4-5-17-14)9-19-11-6-10(15)7-16-8-11/h6-8,17H,4-5,9H2,1-3H3/t14-/m1/s1. The average molecular weight is 343 g/mol. The van der Waals surface area contributed by atoms with Crippen molar-refractivity contribution in [3.05, 3.63) is 22.9 Å². The van der Waals surface area contributed by atoms with Crippen molar-refractivity contribution in [2.24, 2.45) is 0 Å². The van der Waals surface area contributed by atoms with Crippen LogP contribution in [-0.4, -0.2) is 35.2 Å². The highest BCUT2D eigenvalue weighted by molar-refractivity contribution is 9.10. The molecule has 1 N–H and O–H groups in total. The lowest BCUT2D eigenvalue weighted by molar-refractivity contribution is -0.168. The van der Waals surface area contributed by atoms with E-state index < -0.39 is 11.1 Å². The van der Waals surface area contributed by atoms with Crippen molar-refractivity contribution in [2.45, 2.75) is 38.3 Å². The topological polar surface area (TPSA) is 60.5 Å². The van der Waals surface area contributed by atoms with Crippen LogP contribution in [0.4, 0.5) is 0 Å². The second-order valence-electron chi connectivity index (χ2n) is 5.89. The summed E-state index contributed by atoms with van der Waals surface area (Å²) in [5.41, 5.74) is -1.24. The largest absolute Gasteiger partial charge is 0.489 e. The molecule has 0 bridgehead atoms. The maximum absolute atomic E-state index is 12.3. The Morgan fingerprint density at radius 3 is 2.70 bits per heavy atom. The summed E-state index contributed by atoms with van der Waals surface area (Å²) in [5.74, 6) is 0.357. The van der Waals surface area contributed by atoms with Gasteiger partial charge in [0.05, 0.1) is 6.20 Å². The Hall–Kier alpha value is -1.14. The number of nitrogens with one attached hydrogen (secondary N) is 1. The highest BCUT2D eigenvalue weighted by Gasteiger charge is 2.47. The highest BCUT2D eigenvalue weighted by Crippen LogP contribution is 2.25. The molecule has 2 rings (SSSR count). The Balaban J connectivity index is 2.00. The zero-order valence-electron chi connectivity index (χ0n) is 11.9. The predicted molar refractivity (Wildman–Crippen MR) is 78.6 cm³/mol. The van der Waals surface area contributed by atoms with E-state index in [0.717, 1.165) is 11.0 Å². The molecule has 2 heterocycles. The minimum atomic E-state index is -0.740. The molecule has 110 valence electrons. The molecular weight excluding hydrogens is 324 g/mol. The van der Waals surface area contributed by atoms with Crippen molar-refractivity contribution in [1.29, 1.82) is 0 Å². The molecule has 0 radical (unpaired) electrons. The van der Waals surface area contributed by atoms with E-state index >= 15 is 0 Å². The Labute approximate surface area is 127 Å². The molecular formula is C14H19BrN2O3. The number of hydrogen-bond acceptors (Lipinski definition) is 5. The molecule has 20 heavy (non-hydrogen) atoms. The number of carbonyl (C=O) groups excluding carboxylic acids is 1. The first-order valence-electron chi connectivity index (χ1n) is 6.53. The van der Waals surface area contributed by atoms with Crippen LogP contribution in [0.1, 0.15) is 27.2 Å². The molecule has 1 aromatic rings. The third-order valence-electron chi connectivity index (χ3n) is 2.97. The summed E-state index contributed by atoms with van der Waals surface area (Å²) < 4.78 is 12.0. The Morgan fingerprint density at radius 1 is 1.50 bits per heavy atom. The third-order valence-corrected chi connectivity index (χ3v) is 3.40. The van der Waals surface area contributed by atoms with E-state index in [1.165, 1.54) is 0 Å². The van der Waals surface area contributed by atoms with Gasteiger partial charge in [-0.2, -0.15) is 0 Å². The fraction of sp³-hybridized carbons (Fsp3) is 0.571. The van der Waals surface area contributed by atoms with Crippen LogP contribution in [0.3, 0.4) is 0 Å². The highest BCUT2D eigenvalue weighted by atomic mass is 79.9. The van der Waals surface area contributed by atoms with Crippen molar-refractivity contribution < 1.29 is 14.3 Å². The van der Waals surface area contributed by atoms with E-state index in [4.69, 9.17) is 9.47 Å². The summed E-state index contributed by atoms with van der Waals surface area (Å²) >= 11 is 3.33. The number of hydrogen-bond donors (Lipinski definition) is 1. The molecule has 5 nitrogen and oxygen atoms in total. The van der Waals surface area contributed by atoms with Crippen LogP contribution in [-0.2, 0) is 9.53 Å². The van der Waals surface area contributed by atoms with E-state index in [9.17, 15) is 4.79 Å². The second kappa shape index (κ2) is 5.69. The number of halogens is 1. The smallest absolute Gasteiger partial charge is 0.330 e. The molecule has 1 saturated heterocycles. The van der Waals surface area contributed by atoms with Crippen LogP contribution >= 0.6 is 15.9 Å². The van der Waals surface area contributed by atoms with Crippen molar-refractivity contribution in [3.8, 4) is 5.75 Å². The molecule has 1 fully saturated rings. The number of pyridine rings is 1. The van der Waals surface area contributed by atoms with Gasteiger partial charge in [0.1, 0.15) is 18.0 Å². The SMILES string of the molecule is CC(C)(C)OC(=O)[C@]1(COc2cncc(Br)c2)CCN1. The fourth-order valence-electron chi connectivity index (χ4n) is 1.84. The van der Waals surface area contributed by atoms with E-state index in [-0.39, 0.29) is 12.6 Å². The minimum absolute atomic E-state index is 0.236. The predicted octanol–water partition coefficient (Wildman–Crippen LogP) is 2.30. The van der Waals surface area contributed by atoms with Gasteiger partial charge in [-0.25, -0.2) is 4.79 Å². The lowest BCUT2D eigenvalue weighted by Crippen LogP contribution is -2.66. The van der Waals surface area contributed by atoms with Gasteiger partial charge in [-0.05, 0) is 55.7 Å². The van der Waals surface area contributed by atoms with Gasteiger partial charge in [-0.3, -0.25) is 10.3 Å². The third kappa shape index (κ3) is 3.70. The van der Waals surface area contributed by atoms with Gasteiger partial charge in [0.15, 0.2) is 5.54 Å². The minimum Gasteiger partial charge on any atom is -0.489 e. The Kier molecular flexibility index (Phi) is 4.34. The van der Waals surface area contributed by atoms with Gasteiger partial charge in [0.2, 0.25) is 0 Å². The van der Waals surface area contributed by atoms with E-state index in [0.29, 0.717) is 12.2 Å². The molecule has 1 aliphatic rings. The molecule has 1 aromatic heterocycles. The van der Waals surface area contributed by atoms with Crippen LogP contribution < -0.4 is 10.1 Å². The van der Waals surface area contributed by atoms with Gasteiger partial charge >= 0.3 is 5.97 Å². The maximum Gasteiger partial charge on any atom is 0.330 e. The number of aromatic nitrogens is 1. The monoisotopic (exact) mass is 342 g/mol. The molecule has 0 spiro atoms. The van der Waals surface area contributed by atoms with Gasteiger partial charge in [-0.1, -0.05) is 0 Å². The van der Waals surface area contributed by atoms with Crippen LogP contribution in [0, 0.1) is 0 Å². The zero-order chi connectivity index (χ0) is 14.8. The molecule has 0 aliphatic carbocycles. The van der Waals surface area contributed by atoms with Gasteiger partial charge < -0.3 is 9.47 Å². The summed E-state index contributed by atoms with van der Waals surface area (Å²) in [6.07, 6.45) is 4.01. The maximum atomic E-state index is 12.3. The van der Waals surface area contributed by atoms with Crippen molar-refractivity contribution in [2.75, 3.05) is 13.2 Å². The number of carbonyl (C=O) groups is 1. The molecule has 1 atom stereocenters. The number of esters is 1. The summed E-state index contributed by atoms with van der Waals surface area (Å²) in [6, 6.07) is 1.81. The first-order valence-corrected chi connectivity index (χ1v) is 7.32. The second-order valence-corrected chi connectivity index (χ2v) is 6.80. The summed E-state index contributed by atoms with van der Waals surface area (Å²) in [6.45, 7) is 6.60. The summed E-state index contributed by atoms with van der Waals surface area (Å²) in [7, 11) is 0. The Morgan fingerprint density at radius 2 is 2.20 bits per heavy atom. The molecule has 0 aromatic carbocycles. The van der Waals surface area contributed by atoms with Crippen molar-refractivity contribution in [3.63, 3.8) is 0 Å².